The summed E-state index contributed by atoms with van der Waals surface area (Å²) in [6.45, 7) is 3.79. The van der Waals surface area contributed by atoms with Crippen LogP contribution in [0.15, 0.2) is 0 Å². The lowest BCUT2D eigenvalue weighted by Gasteiger charge is -2.31. The zero-order chi connectivity index (χ0) is 10.4. The molecule has 1 atom stereocenters. The largest absolute Gasteiger partial charge is 0.394 e. The Morgan fingerprint density at radius 3 is 2.64 bits per heavy atom. The molecule has 0 aromatic heterocycles. The molecular weight excluding hydrogens is 178 g/mol. The van der Waals surface area contributed by atoms with Gasteiger partial charge in [0.25, 0.3) is 0 Å². The van der Waals surface area contributed by atoms with Crippen molar-refractivity contribution in [3.63, 3.8) is 0 Å². The van der Waals surface area contributed by atoms with Crippen LogP contribution in [0.2, 0.25) is 0 Å². The average Bonchev–Trinajstić information content (AvgIpc) is 3.03. The maximum absolute atomic E-state index is 9.40. The molecule has 2 N–H and O–H groups in total. The van der Waals surface area contributed by atoms with Gasteiger partial charge in [-0.3, -0.25) is 0 Å². The molecule has 0 aliphatic heterocycles. The summed E-state index contributed by atoms with van der Waals surface area (Å²) in [4.78, 5) is 0. The molecule has 1 aliphatic carbocycles. The summed E-state index contributed by atoms with van der Waals surface area (Å²) < 4.78 is 5.60. The van der Waals surface area contributed by atoms with Crippen molar-refractivity contribution >= 4 is 0 Å². The molecule has 3 heteroatoms. The predicted molar refractivity (Wildman–Crippen MR) is 57.3 cm³/mol. The maximum atomic E-state index is 9.40. The highest BCUT2D eigenvalue weighted by Crippen LogP contribution is 2.39. The number of hydrogen-bond donors (Lipinski definition) is 2. The van der Waals surface area contributed by atoms with Crippen LogP contribution in [0.25, 0.3) is 0 Å². The summed E-state index contributed by atoms with van der Waals surface area (Å²) in [6, 6.07) is 0. The van der Waals surface area contributed by atoms with E-state index in [1.54, 1.807) is 0 Å². The lowest BCUT2D eigenvalue weighted by Crippen LogP contribution is -2.52. The van der Waals surface area contributed by atoms with Crippen LogP contribution in [-0.4, -0.2) is 37.5 Å². The summed E-state index contributed by atoms with van der Waals surface area (Å²) in [5, 5.41) is 12.6. The van der Waals surface area contributed by atoms with Crippen LogP contribution in [0.4, 0.5) is 0 Å². The van der Waals surface area contributed by atoms with Crippen LogP contribution in [0.3, 0.4) is 0 Å². The van der Waals surface area contributed by atoms with Gasteiger partial charge in [0.05, 0.1) is 18.8 Å². The number of rotatable bonds is 8. The van der Waals surface area contributed by atoms with Gasteiger partial charge in [-0.15, -0.1) is 0 Å². The summed E-state index contributed by atoms with van der Waals surface area (Å²) in [5.41, 5.74) is -0.173. The molecule has 14 heavy (non-hydrogen) atoms. The van der Waals surface area contributed by atoms with E-state index >= 15 is 0 Å². The Labute approximate surface area is 86.8 Å². The van der Waals surface area contributed by atoms with Gasteiger partial charge in [-0.25, -0.2) is 0 Å². The van der Waals surface area contributed by atoms with E-state index in [9.17, 15) is 5.11 Å². The smallest absolute Gasteiger partial charge is 0.0676 e. The predicted octanol–water partition coefficient (Wildman–Crippen LogP) is 1.16. The molecule has 0 heterocycles. The highest BCUT2D eigenvalue weighted by molar-refractivity contribution is 5.00. The van der Waals surface area contributed by atoms with Crippen LogP contribution < -0.4 is 5.32 Å². The normalized spacial score (nSPS) is 20.8. The first-order valence-corrected chi connectivity index (χ1v) is 5.66. The van der Waals surface area contributed by atoms with Crippen LogP contribution >= 0.6 is 0 Å². The summed E-state index contributed by atoms with van der Waals surface area (Å²) in [7, 11) is 1.91. The van der Waals surface area contributed by atoms with Gasteiger partial charge in [0.2, 0.25) is 0 Å². The van der Waals surface area contributed by atoms with E-state index in [1.165, 1.54) is 12.8 Å². The van der Waals surface area contributed by atoms with Crippen molar-refractivity contribution in [2.45, 2.75) is 38.1 Å². The molecule has 1 rings (SSSR count). The molecule has 0 aromatic rings. The first-order valence-electron chi connectivity index (χ1n) is 5.66. The molecule has 3 nitrogen and oxygen atoms in total. The minimum absolute atomic E-state index is 0.173. The molecular formula is C11H23NO2. The van der Waals surface area contributed by atoms with Crippen LogP contribution in [-0.2, 0) is 4.74 Å². The number of aliphatic hydroxyl groups is 1. The number of ether oxygens (including phenoxy) is 1. The van der Waals surface area contributed by atoms with Crippen molar-refractivity contribution in [1.29, 1.82) is 0 Å². The Balaban J connectivity index is 2.27. The van der Waals surface area contributed by atoms with E-state index in [2.05, 4.69) is 12.2 Å². The van der Waals surface area contributed by atoms with Crippen molar-refractivity contribution < 1.29 is 9.84 Å². The zero-order valence-electron chi connectivity index (χ0n) is 9.38. The van der Waals surface area contributed by atoms with E-state index in [0.29, 0.717) is 12.5 Å². The van der Waals surface area contributed by atoms with Crippen LogP contribution in [0.5, 0.6) is 0 Å². The average molecular weight is 201 g/mol. The van der Waals surface area contributed by atoms with Gasteiger partial charge in [-0.05, 0) is 32.2 Å². The van der Waals surface area contributed by atoms with Crippen LogP contribution in [0, 0.1) is 5.92 Å². The SMILES string of the molecule is CCCCOCC(CO)(NC)C1CC1. The standard InChI is InChI=1S/C11H23NO2/c1-3-4-7-14-9-11(8-13,12-2)10-5-6-10/h10,12-13H,3-9H2,1-2H3. The van der Waals surface area contributed by atoms with E-state index in [0.717, 1.165) is 19.4 Å². The number of hydrogen-bond acceptors (Lipinski definition) is 3. The fourth-order valence-corrected chi connectivity index (χ4v) is 1.78. The first-order chi connectivity index (χ1) is 6.79. The van der Waals surface area contributed by atoms with Gasteiger partial charge in [-0.2, -0.15) is 0 Å². The third-order valence-corrected chi connectivity index (χ3v) is 3.14. The van der Waals surface area contributed by atoms with E-state index < -0.39 is 0 Å². The summed E-state index contributed by atoms with van der Waals surface area (Å²) in [5.74, 6) is 0.610. The number of aliphatic hydroxyl groups excluding tert-OH is 1. The summed E-state index contributed by atoms with van der Waals surface area (Å²) >= 11 is 0. The van der Waals surface area contributed by atoms with Gasteiger partial charge in [-0.1, -0.05) is 13.3 Å². The minimum atomic E-state index is -0.173. The zero-order valence-corrected chi connectivity index (χ0v) is 9.38. The Hall–Kier alpha value is -0.120. The quantitative estimate of drug-likeness (QED) is 0.579. The topological polar surface area (TPSA) is 41.5 Å². The third kappa shape index (κ3) is 2.94. The van der Waals surface area contributed by atoms with Gasteiger partial charge in [0, 0.05) is 6.61 Å². The Bertz CT molecular complexity index is 153. The van der Waals surface area contributed by atoms with Gasteiger partial charge >= 0.3 is 0 Å². The van der Waals surface area contributed by atoms with Gasteiger partial charge in [0.1, 0.15) is 0 Å². The molecule has 84 valence electrons. The fraction of sp³-hybridized carbons (Fsp3) is 1.00. The Morgan fingerprint density at radius 1 is 1.50 bits per heavy atom. The number of unbranched alkanes of at least 4 members (excludes halogenated alkanes) is 1. The number of nitrogens with one attached hydrogen (secondary N) is 1. The number of likely N-dealkylation sites (N-methyl/N-ethyl adjacent to an activating group) is 1. The highest BCUT2D eigenvalue weighted by Gasteiger charge is 2.43. The van der Waals surface area contributed by atoms with Crippen molar-refractivity contribution in [3.8, 4) is 0 Å². The fourth-order valence-electron chi connectivity index (χ4n) is 1.78. The lowest BCUT2D eigenvalue weighted by molar-refractivity contribution is 0.0268. The lowest BCUT2D eigenvalue weighted by atomic mass is 9.96. The van der Waals surface area contributed by atoms with E-state index in [-0.39, 0.29) is 12.1 Å². The van der Waals surface area contributed by atoms with Gasteiger partial charge < -0.3 is 15.2 Å². The molecule has 1 unspecified atom stereocenters. The van der Waals surface area contributed by atoms with Crippen molar-refractivity contribution in [3.05, 3.63) is 0 Å². The molecule has 0 radical (unpaired) electrons. The van der Waals surface area contributed by atoms with E-state index in [1.807, 2.05) is 7.05 Å². The molecule has 0 amide bonds. The first kappa shape index (κ1) is 12.0. The van der Waals surface area contributed by atoms with Crippen LogP contribution in [0.1, 0.15) is 32.6 Å². The highest BCUT2D eigenvalue weighted by atomic mass is 16.5. The van der Waals surface area contributed by atoms with Crippen molar-refractivity contribution in [2.75, 3.05) is 26.9 Å². The molecule has 0 aromatic carbocycles. The molecule has 1 fully saturated rings. The van der Waals surface area contributed by atoms with Crippen molar-refractivity contribution in [1.82, 2.24) is 5.32 Å². The van der Waals surface area contributed by atoms with Crippen molar-refractivity contribution in [2.24, 2.45) is 5.92 Å². The molecule has 0 saturated heterocycles. The molecule has 0 bridgehead atoms. The Morgan fingerprint density at radius 2 is 2.21 bits per heavy atom. The molecule has 1 saturated carbocycles. The molecule has 1 aliphatic rings. The summed E-state index contributed by atoms with van der Waals surface area (Å²) in [6.07, 6.45) is 4.71. The maximum Gasteiger partial charge on any atom is 0.0676 e. The van der Waals surface area contributed by atoms with E-state index in [4.69, 9.17) is 4.74 Å². The second-order valence-corrected chi connectivity index (χ2v) is 4.24. The molecule has 0 spiro atoms. The Kier molecular flexibility index (Phi) is 4.85. The monoisotopic (exact) mass is 201 g/mol. The third-order valence-electron chi connectivity index (χ3n) is 3.14. The minimum Gasteiger partial charge on any atom is -0.394 e. The second-order valence-electron chi connectivity index (χ2n) is 4.24. The second kappa shape index (κ2) is 5.69. The van der Waals surface area contributed by atoms with Gasteiger partial charge in [0.15, 0.2) is 0 Å².